The predicted octanol–water partition coefficient (Wildman–Crippen LogP) is 1.40. The van der Waals surface area contributed by atoms with Crippen LogP contribution in [0.1, 0.15) is 10.4 Å². The minimum absolute atomic E-state index is 0.0298. The summed E-state index contributed by atoms with van der Waals surface area (Å²) in [5, 5.41) is 4.16. The van der Waals surface area contributed by atoms with Crippen LogP contribution in [-0.4, -0.2) is 25.4 Å². The molecule has 0 saturated heterocycles. The molecular formula is C18H16N4O3S2. The van der Waals surface area contributed by atoms with Gasteiger partial charge in [0.2, 0.25) is 14.8 Å². The first-order valence-electron chi connectivity index (χ1n) is 7.84. The van der Waals surface area contributed by atoms with Crippen molar-refractivity contribution in [2.75, 3.05) is 6.54 Å². The van der Waals surface area contributed by atoms with Crippen molar-refractivity contribution in [2.24, 2.45) is 12.1 Å². The molecule has 0 unspecified atom stereocenters. The zero-order valence-electron chi connectivity index (χ0n) is 14.3. The number of hydrogen-bond donors (Lipinski definition) is 2. The number of fused-ring (bicyclic) bond motifs is 1. The van der Waals surface area contributed by atoms with E-state index < -0.39 is 15.9 Å². The highest BCUT2D eigenvalue weighted by Crippen LogP contribution is 2.15. The molecule has 2 aromatic carbocycles. The summed E-state index contributed by atoms with van der Waals surface area (Å²) in [6, 6.07) is 13.3. The Bertz CT molecular complexity index is 1200. The van der Waals surface area contributed by atoms with Gasteiger partial charge in [0.05, 0.1) is 21.7 Å². The number of nitrogens with zero attached hydrogens (tertiary/aromatic N) is 2. The van der Waals surface area contributed by atoms with E-state index in [1.54, 1.807) is 0 Å². The van der Waals surface area contributed by atoms with Crippen LogP contribution in [0.2, 0.25) is 0 Å². The van der Waals surface area contributed by atoms with E-state index in [9.17, 15) is 13.2 Å². The largest absolute Gasteiger partial charge is 0.318 e. The van der Waals surface area contributed by atoms with E-state index in [1.807, 2.05) is 35.9 Å². The Balaban J connectivity index is 1.78. The van der Waals surface area contributed by atoms with E-state index in [0.29, 0.717) is 10.4 Å². The summed E-state index contributed by atoms with van der Waals surface area (Å²) in [5.74, 6) is 1.76. The van der Waals surface area contributed by atoms with Crippen LogP contribution in [0.4, 0.5) is 0 Å². The van der Waals surface area contributed by atoms with Gasteiger partial charge in [0.1, 0.15) is 0 Å². The lowest BCUT2D eigenvalue weighted by Gasteiger charge is -2.05. The van der Waals surface area contributed by atoms with Crippen LogP contribution in [0.15, 0.2) is 58.5 Å². The highest BCUT2D eigenvalue weighted by atomic mass is 32.2. The Labute approximate surface area is 160 Å². The van der Waals surface area contributed by atoms with Gasteiger partial charge in [-0.3, -0.25) is 4.79 Å². The zero-order valence-corrected chi connectivity index (χ0v) is 16.0. The lowest BCUT2D eigenvalue weighted by molar-refractivity contribution is 0.0953. The predicted molar refractivity (Wildman–Crippen MR) is 104 cm³/mol. The molecule has 1 heterocycles. The normalized spacial score (nSPS) is 12.1. The Hall–Kier alpha value is -2.93. The maximum absolute atomic E-state index is 12.3. The fourth-order valence-corrected chi connectivity index (χ4v) is 4.27. The molecule has 9 heteroatoms. The van der Waals surface area contributed by atoms with Gasteiger partial charge in [0.25, 0.3) is 5.91 Å². The van der Waals surface area contributed by atoms with E-state index in [2.05, 4.69) is 21.2 Å². The molecule has 138 valence electrons. The van der Waals surface area contributed by atoms with Gasteiger partial charge >= 0.3 is 0 Å². The molecule has 3 rings (SSSR count). The Morgan fingerprint density at radius 3 is 2.59 bits per heavy atom. The van der Waals surface area contributed by atoms with Crippen molar-refractivity contribution < 1.29 is 13.2 Å². The van der Waals surface area contributed by atoms with Crippen molar-refractivity contribution in [3.05, 3.63) is 58.9 Å². The molecule has 0 aliphatic rings. The summed E-state index contributed by atoms with van der Waals surface area (Å²) in [6.45, 7) is -0.102. The molecule has 0 aliphatic carbocycles. The van der Waals surface area contributed by atoms with Crippen molar-refractivity contribution in [1.82, 2.24) is 14.7 Å². The molecule has 1 amide bonds. The molecule has 0 atom stereocenters. The van der Waals surface area contributed by atoms with E-state index >= 15 is 0 Å². The molecule has 7 nitrogen and oxygen atoms in total. The molecule has 27 heavy (non-hydrogen) atoms. The maximum atomic E-state index is 12.3. The molecule has 0 saturated carbocycles. The summed E-state index contributed by atoms with van der Waals surface area (Å²) in [5.41, 5.74) is 3.80. The highest BCUT2D eigenvalue weighted by molar-refractivity contribution is 7.89. The fourth-order valence-electron chi connectivity index (χ4n) is 2.36. The number of aryl methyl sites for hydroxylation is 1. The van der Waals surface area contributed by atoms with Gasteiger partial charge in [-0.15, -0.1) is 11.5 Å². The third kappa shape index (κ3) is 4.09. The number of carbonyl (C=O) groups is 1. The first-order chi connectivity index (χ1) is 12.9. The van der Waals surface area contributed by atoms with Crippen molar-refractivity contribution in [1.29, 1.82) is 0 Å². The second-order valence-corrected chi connectivity index (χ2v) is 8.29. The minimum atomic E-state index is -3.69. The number of terminal acetylenes is 1. The number of sulfonamides is 1. The molecule has 0 aliphatic heterocycles. The number of rotatable bonds is 5. The zero-order chi connectivity index (χ0) is 19.4. The standard InChI is InChI=1S/C18H16N4O3S2/c1-3-12-19-27(24,25)14-10-8-13(9-11-14)17(23)20-21-18-22(2)15-6-4-5-7-16(15)26-18/h1,4-11,19H,12H2,2H3,(H,20,23)/b21-18-. The van der Waals surface area contributed by atoms with Crippen molar-refractivity contribution in [2.45, 2.75) is 4.90 Å². The van der Waals surface area contributed by atoms with Gasteiger partial charge in [-0.1, -0.05) is 29.4 Å². The van der Waals surface area contributed by atoms with Crippen LogP contribution < -0.4 is 14.9 Å². The summed E-state index contributed by atoms with van der Waals surface area (Å²) >= 11 is 1.45. The average Bonchev–Trinajstić information content (AvgIpc) is 3.00. The number of carbonyl (C=O) groups excluding carboxylic acids is 1. The van der Waals surface area contributed by atoms with Crippen molar-refractivity contribution >= 4 is 37.5 Å². The van der Waals surface area contributed by atoms with Gasteiger partial charge in [0.15, 0.2) is 0 Å². The first kappa shape index (κ1) is 18.8. The second kappa shape index (κ2) is 7.75. The lowest BCUT2D eigenvalue weighted by atomic mass is 10.2. The van der Waals surface area contributed by atoms with E-state index in [4.69, 9.17) is 6.42 Å². The number of aromatic nitrogens is 1. The van der Waals surface area contributed by atoms with Gasteiger partial charge in [0, 0.05) is 12.6 Å². The molecule has 2 N–H and O–H groups in total. The number of nitrogens with one attached hydrogen (secondary N) is 2. The second-order valence-electron chi connectivity index (χ2n) is 5.52. The monoisotopic (exact) mass is 400 g/mol. The summed E-state index contributed by atoms with van der Waals surface area (Å²) in [4.78, 5) is 12.9. The number of thiazole rings is 1. The van der Waals surface area contributed by atoms with E-state index in [-0.39, 0.29) is 11.4 Å². The summed E-state index contributed by atoms with van der Waals surface area (Å²) < 4.78 is 29.2. The summed E-state index contributed by atoms with van der Waals surface area (Å²) in [7, 11) is -1.82. The van der Waals surface area contributed by atoms with Crippen LogP contribution in [0, 0.1) is 12.3 Å². The molecule has 0 fully saturated rings. The quantitative estimate of drug-likeness (QED) is 0.501. The maximum Gasteiger partial charge on any atom is 0.271 e. The SMILES string of the molecule is C#CCNS(=O)(=O)c1ccc(C(=O)N/N=c2\sc3ccccc3n2C)cc1. The molecule has 3 aromatic rings. The Morgan fingerprint density at radius 2 is 1.93 bits per heavy atom. The number of amides is 1. The lowest BCUT2D eigenvalue weighted by Crippen LogP contribution is -2.25. The molecule has 0 radical (unpaired) electrons. The fraction of sp³-hybridized carbons (Fsp3) is 0.111. The van der Waals surface area contributed by atoms with E-state index in [0.717, 1.165) is 10.2 Å². The topological polar surface area (TPSA) is 92.6 Å². The van der Waals surface area contributed by atoms with Crippen LogP contribution in [-0.2, 0) is 17.1 Å². The molecular weight excluding hydrogens is 384 g/mol. The van der Waals surface area contributed by atoms with Crippen LogP contribution >= 0.6 is 11.3 Å². The van der Waals surface area contributed by atoms with Gasteiger partial charge < -0.3 is 4.57 Å². The van der Waals surface area contributed by atoms with Gasteiger partial charge in [-0.05, 0) is 36.4 Å². The smallest absolute Gasteiger partial charge is 0.271 e. The van der Waals surface area contributed by atoms with E-state index in [1.165, 1.54) is 35.6 Å². The third-order valence-electron chi connectivity index (χ3n) is 3.76. The van der Waals surface area contributed by atoms with Gasteiger partial charge in [-0.25, -0.2) is 13.8 Å². The molecule has 0 spiro atoms. The van der Waals surface area contributed by atoms with Crippen molar-refractivity contribution in [3.63, 3.8) is 0 Å². The van der Waals surface area contributed by atoms with Gasteiger partial charge in [-0.2, -0.15) is 4.72 Å². The number of benzene rings is 2. The van der Waals surface area contributed by atoms with Crippen molar-refractivity contribution in [3.8, 4) is 12.3 Å². The third-order valence-corrected chi connectivity index (χ3v) is 6.29. The minimum Gasteiger partial charge on any atom is -0.318 e. The van der Waals surface area contributed by atoms with Crippen LogP contribution in [0.3, 0.4) is 0 Å². The molecule has 1 aromatic heterocycles. The Kier molecular flexibility index (Phi) is 5.41. The highest BCUT2D eigenvalue weighted by Gasteiger charge is 2.14. The summed E-state index contributed by atoms with van der Waals surface area (Å²) in [6.07, 6.45) is 5.05. The Morgan fingerprint density at radius 1 is 1.22 bits per heavy atom. The molecule has 0 bridgehead atoms. The number of para-hydroxylation sites is 1. The average molecular weight is 400 g/mol. The first-order valence-corrected chi connectivity index (χ1v) is 10.1. The number of hydrogen-bond acceptors (Lipinski definition) is 5. The van der Waals surface area contributed by atoms with Crippen LogP contribution in [0.25, 0.3) is 10.2 Å². The van der Waals surface area contributed by atoms with Crippen LogP contribution in [0.5, 0.6) is 0 Å².